The van der Waals surface area contributed by atoms with Crippen molar-refractivity contribution in [3.05, 3.63) is 35.4 Å². The Balaban J connectivity index is 2.51. The summed E-state index contributed by atoms with van der Waals surface area (Å²) < 4.78 is 29.0. The van der Waals surface area contributed by atoms with Gasteiger partial charge in [0, 0.05) is 12.6 Å². The summed E-state index contributed by atoms with van der Waals surface area (Å²) in [4.78, 5) is 0. The molecule has 108 valence electrons. The van der Waals surface area contributed by atoms with Crippen LogP contribution >= 0.6 is 0 Å². The van der Waals surface area contributed by atoms with Gasteiger partial charge in [-0.25, -0.2) is 8.78 Å². The summed E-state index contributed by atoms with van der Waals surface area (Å²) in [6.45, 7) is 4.93. The molecule has 1 aromatic rings. The summed E-state index contributed by atoms with van der Waals surface area (Å²) in [5.74, 6) is 0. The molecule has 0 aliphatic rings. The smallest absolute Gasteiger partial charge is 0.261 e. The minimum atomic E-state index is -2.39. The number of ether oxygens (including phenoxy) is 1. The first-order chi connectivity index (χ1) is 9.13. The number of benzene rings is 1. The van der Waals surface area contributed by atoms with Crippen LogP contribution in [-0.2, 0) is 4.74 Å². The van der Waals surface area contributed by atoms with Crippen molar-refractivity contribution in [2.75, 3.05) is 19.8 Å². The third-order valence-corrected chi connectivity index (χ3v) is 2.88. The average Bonchev–Trinajstić information content (AvgIpc) is 2.37. The van der Waals surface area contributed by atoms with E-state index in [9.17, 15) is 8.78 Å². The summed E-state index contributed by atoms with van der Waals surface area (Å²) in [7, 11) is 0. The molecule has 1 unspecified atom stereocenters. The van der Waals surface area contributed by atoms with Gasteiger partial charge in [0.1, 0.15) is 6.61 Å². The second kappa shape index (κ2) is 8.99. The minimum Gasteiger partial charge on any atom is -0.375 e. The molecule has 0 spiro atoms. The van der Waals surface area contributed by atoms with E-state index in [0.29, 0.717) is 13.0 Å². The summed E-state index contributed by atoms with van der Waals surface area (Å²) in [5, 5.41) is 3.43. The first-order valence-corrected chi connectivity index (χ1v) is 6.79. The number of aryl methyl sites for hydroxylation is 1. The number of hydrogen-bond donors (Lipinski definition) is 1. The van der Waals surface area contributed by atoms with Crippen molar-refractivity contribution in [2.45, 2.75) is 39.2 Å². The second-order valence-electron chi connectivity index (χ2n) is 4.68. The van der Waals surface area contributed by atoms with Gasteiger partial charge in [-0.15, -0.1) is 0 Å². The fourth-order valence-corrected chi connectivity index (χ4v) is 1.97. The van der Waals surface area contributed by atoms with Crippen LogP contribution in [0.2, 0.25) is 0 Å². The topological polar surface area (TPSA) is 21.3 Å². The number of halogens is 2. The van der Waals surface area contributed by atoms with Crippen molar-refractivity contribution in [1.82, 2.24) is 5.32 Å². The normalized spacial score (nSPS) is 12.9. The summed E-state index contributed by atoms with van der Waals surface area (Å²) in [6.07, 6.45) is -0.642. The molecule has 19 heavy (non-hydrogen) atoms. The molecular formula is C15H23F2NO. The molecule has 0 aliphatic carbocycles. The molecule has 0 saturated heterocycles. The van der Waals surface area contributed by atoms with Crippen molar-refractivity contribution in [3.8, 4) is 0 Å². The van der Waals surface area contributed by atoms with Crippen molar-refractivity contribution >= 4 is 0 Å². The molecule has 4 heteroatoms. The predicted octanol–water partition coefficient (Wildman–Crippen LogP) is 3.71. The van der Waals surface area contributed by atoms with Crippen LogP contribution in [0.3, 0.4) is 0 Å². The van der Waals surface area contributed by atoms with Gasteiger partial charge in [-0.05, 0) is 31.9 Å². The zero-order valence-corrected chi connectivity index (χ0v) is 11.7. The van der Waals surface area contributed by atoms with Crippen molar-refractivity contribution in [1.29, 1.82) is 0 Å². The van der Waals surface area contributed by atoms with Gasteiger partial charge < -0.3 is 10.1 Å². The maximum atomic E-state index is 12.0. The van der Waals surface area contributed by atoms with Gasteiger partial charge >= 0.3 is 0 Å². The molecule has 0 saturated carbocycles. The molecule has 2 nitrogen and oxygen atoms in total. The van der Waals surface area contributed by atoms with Crippen LogP contribution in [0.1, 0.15) is 36.9 Å². The van der Waals surface area contributed by atoms with Crippen LogP contribution < -0.4 is 5.32 Å². The van der Waals surface area contributed by atoms with E-state index in [1.807, 2.05) is 19.1 Å². The van der Waals surface area contributed by atoms with Crippen molar-refractivity contribution in [3.63, 3.8) is 0 Å². The van der Waals surface area contributed by atoms with Crippen molar-refractivity contribution < 1.29 is 13.5 Å². The maximum Gasteiger partial charge on any atom is 0.261 e. The van der Waals surface area contributed by atoms with Gasteiger partial charge in [-0.2, -0.15) is 0 Å². The lowest BCUT2D eigenvalue weighted by Crippen LogP contribution is -2.24. The Kier molecular flexibility index (Phi) is 7.60. The molecule has 1 rings (SSSR count). The first kappa shape index (κ1) is 16.1. The van der Waals surface area contributed by atoms with E-state index in [0.717, 1.165) is 13.0 Å². The maximum absolute atomic E-state index is 12.0. The molecule has 0 fully saturated rings. The van der Waals surface area contributed by atoms with Crippen molar-refractivity contribution in [2.24, 2.45) is 0 Å². The Morgan fingerprint density at radius 2 is 2.11 bits per heavy atom. The monoisotopic (exact) mass is 271 g/mol. The zero-order valence-electron chi connectivity index (χ0n) is 11.7. The Hall–Kier alpha value is -1.00. The van der Waals surface area contributed by atoms with Crippen LogP contribution in [0, 0.1) is 6.92 Å². The van der Waals surface area contributed by atoms with Gasteiger partial charge in [0.05, 0.1) is 0 Å². The van der Waals surface area contributed by atoms with Crippen LogP contribution in [0.25, 0.3) is 0 Å². The largest absolute Gasteiger partial charge is 0.375 e. The third-order valence-electron chi connectivity index (χ3n) is 2.88. The van der Waals surface area contributed by atoms with E-state index in [2.05, 4.69) is 24.4 Å². The summed E-state index contributed by atoms with van der Waals surface area (Å²) in [5.41, 5.74) is 2.39. The highest BCUT2D eigenvalue weighted by Gasteiger charge is 2.11. The lowest BCUT2D eigenvalue weighted by molar-refractivity contribution is 0.0143. The van der Waals surface area contributed by atoms with Crippen LogP contribution in [-0.4, -0.2) is 26.2 Å². The van der Waals surface area contributed by atoms with Gasteiger partial charge in [-0.3, -0.25) is 0 Å². The van der Waals surface area contributed by atoms with Gasteiger partial charge in [0.2, 0.25) is 0 Å². The van der Waals surface area contributed by atoms with E-state index in [1.54, 1.807) is 0 Å². The third kappa shape index (κ3) is 6.64. The zero-order chi connectivity index (χ0) is 14.1. The second-order valence-corrected chi connectivity index (χ2v) is 4.68. The average molecular weight is 271 g/mol. The van der Waals surface area contributed by atoms with E-state index in [-0.39, 0.29) is 6.04 Å². The molecule has 0 heterocycles. The van der Waals surface area contributed by atoms with Crippen LogP contribution in [0.4, 0.5) is 8.78 Å². The molecule has 1 atom stereocenters. The van der Waals surface area contributed by atoms with E-state index in [4.69, 9.17) is 4.74 Å². The van der Waals surface area contributed by atoms with E-state index in [1.165, 1.54) is 11.1 Å². The predicted molar refractivity (Wildman–Crippen MR) is 73.7 cm³/mol. The lowest BCUT2D eigenvalue weighted by Gasteiger charge is -2.19. The van der Waals surface area contributed by atoms with Crippen LogP contribution in [0.15, 0.2) is 24.3 Å². The lowest BCUT2D eigenvalue weighted by atomic mass is 10.0. The van der Waals surface area contributed by atoms with Gasteiger partial charge in [0.15, 0.2) is 0 Å². The number of alkyl halides is 2. The SMILES string of the molecule is CCCNC(CCOCC(F)F)c1cccc(C)c1. The molecule has 0 aromatic heterocycles. The molecule has 1 N–H and O–H groups in total. The highest BCUT2D eigenvalue weighted by molar-refractivity contribution is 5.25. The number of nitrogens with one attached hydrogen (secondary N) is 1. The number of rotatable bonds is 9. The Morgan fingerprint density at radius 1 is 1.32 bits per heavy atom. The van der Waals surface area contributed by atoms with E-state index < -0.39 is 13.0 Å². The Morgan fingerprint density at radius 3 is 2.74 bits per heavy atom. The molecule has 1 aromatic carbocycles. The summed E-state index contributed by atoms with van der Waals surface area (Å²) >= 11 is 0. The first-order valence-electron chi connectivity index (χ1n) is 6.79. The Bertz CT molecular complexity index is 358. The number of hydrogen-bond acceptors (Lipinski definition) is 2. The van der Waals surface area contributed by atoms with E-state index >= 15 is 0 Å². The molecule has 0 aliphatic heterocycles. The molecular weight excluding hydrogens is 248 g/mol. The quantitative estimate of drug-likeness (QED) is 0.691. The Labute approximate surface area is 114 Å². The van der Waals surface area contributed by atoms with Crippen LogP contribution in [0.5, 0.6) is 0 Å². The fraction of sp³-hybridized carbons (Fsp3) is 0.600. The highest BCUT2D eigenvalue weighted by atomic mass is 19.3. The molecule has 0 radical (unpaired) electrons. The van der Waals surface area contributed by atoms with Gasteiger partial charge in [0.25, 0.3) is 6.43 Å². The highest BCUT2D eigenvalue weighted by Crippen LogP contribution is 2.18. The summed E-state index contributed by atoms with van der Waals surface area (Å²) in [6, 6.07) is 8.42. The fourth-order valence-electron chi connectivity index (χ4n) is 1.97. The molecule has 0 bridgehead atoms. The standard InChI is InChI=1S/C15H23F2NO/c1-3-8-18-14(7-9-19-11-15(16)17)13-6-4-5-12(2)10-13/h4-6,10,14-15,18H,3,7-9,11H2,1-2H3. The minimum absolute atomic E-state index is 0.164. The molecule has 0 amide bonds. The van der Waals surface area contributed by atoms with Gasteiger partial charge in [-0.1, -0.05) is 36.8 Å².